The van der Waals surface area contributed by atoms with Crippen LogP contribution in [0.15, 0.2) is 36.2 Å². The minimum absolute atomic E-state index is 0.239. The highest BCUT2D eigenvalue weighted by molar-refractivity contribution is 5.89. The van der Waals surface area contributed by atoms with Crippen molar-refractivity contribution in [3.63, 3.8) is 0 Å². The fourth-order valence-electron chi connectivity index (χ4n) is 2.57. The van der Waals surface area contributed by atoms with Crippen molar-refractivity contribution < 1.29 is 14.3 Å². The Morgan fingerprint density at radius 1 is 1.40 bits per heavy atom. The molecule has 2 heterocycles. The van der Waals surface area contributed by atoms with E-state index in [2.05, 4.69) is 10.2 Å². The van der Waals surface area contributed by atoms with Gasteiger partial charge in [-0.05, 0) is 17.7 Å². The summed E-state index contributed by atoms with van der Waals surface area (Å²) in [5.41, 5.74) is 2.95. The van der Waals surface area contributed by atoms with Crippen LogP contribution in [0.2, 0.25) is 0 Å². The molecular formula is C15H18N2O3. The summed E-state index contributed by atoms with van der Waals surface area (Å²) >= 11 is 0. The highest BCUT2D eigenvalue weighted by atomic mass is 16.5. The van der Waals surface area contributed by atoms with Crippen molar-refractivity contribution in [1.29, 1.82) is 0 Å². The minimum atomic E-state index is -0.302. The van der Waals surface area contributed by atoms with Crippen LogP contribution in [0.3, 0.4) is 0 Å². The van der Waals surface area contributed by atoms with Gasteiger partial charge < -0.3 is 19.7 Å². The lowest BCUT2D eigenvalue weighted by Gasteiger charge is -2.38. The molecule has 5 nitrogen and oxygen atoms in total. The molecule has 1 aromatic rings. The van der Waals surface area contributed by atoms with Crippen LogP contribution in [0.1, 0.15) is 22.0 Å². The standard InChI is InChI=1S/C15H18N2O3/c1-19-15(18)12-4-2-11(3-5-12)14-9-17-6-7-20-10-13(17)8-16-14/h2-5,8,14,16H,6-7,9-10H2,1H3. The first-order valence-electron chi connectivity index (χ1n) is 6.74. The molecule has 1 atom stereocenters. The maximum atomic E-state index is 11.4. The third-order valence-corrected chi connectivity index (χ3v) is 3.75. The summed E-state index contributed by atoms with van der Waals surface area (Å²) < 4.78 is 10.1. The lowest BCUT2D eigenvalue weighted by atomic mass is 10.0. The van der Waals surface area contributed by atoms with Gasteiger partial charge in [0.2, 0.25) is 0 Å². The van der Waals surface area contributed by atoms with Crippen LogP contribution in [0.4, 0.5) is 0 Å². The van der Waals surface area contributed by atoms with Crippen molar-refractivity contribution >= 4 is 5.97 Å². The number of esters is 1. The van der Waals surface area contributed by atoms with E-state index in [1.54, 1.807) is 12.1 Å². The molecule has 0 aliphatic carbocycles. The van der Waals surface area contributed by atoms with Gasteiger partial charge in [-0.3, -0.25) is 0 Å². The average molecular weight is 274 g/mol. The second kappa shape index (κ2) is 5.54. The SMILES string of the molecule is COC(=O)c1ccc(C2CN3CCOCC3=CN2)cc1. The maximum Gasteiger partial charge on any atom is 0.337 e. The van der Waals surface area contributed by atoms with Gasteiger partial charge >= 0.3 is 5.97 Å². The number of benzene rings is 1. The number of methoxy groups -OCH3 is 1. The quantitative estimate of drug-likeness (QED) is 0.824. The lowest BCUT2D eigenvalue weighted by Crippen LogP contribution is -2.44. The third-order valence-electron chi connectivity index (χ3n) is 3.75. The van der Waals surface area contributed by atoms with Crippen LogP contribution < -0.4 is 5.32 Å². The first-order chi connectivity index (χ1) is 9.78. The number of rotatable bonds is 2. The molecular weight excluding hydrogens is 256 g/mol. The summed E-state index contributed by atoms with van der Waals surface area (Å²) in [6, 6.07) is 7.80. The largest absolute Gasteiger partial charge is 0.465 e. The molecule has 1 N–H and O–H groups in total. The number of ether oxygens (including phenoxy) is 2. The number of nitrogens with zero attached hydrogens (tertiary/aromatic N) is 1. The van der Waals surface area contributed by atoms with E-state index in [4.69, 9.17) is 9.47 Å². The summed E-state index contributed by atoms with van der Waals surface area (Å²) in [6.07, 6.45) is 2.03. The molecule has 106 valence electrons. The molecule has 0 aromatic heterocycles. The minimum Gasteiger partial charge on any atom is -0.465 e. The fraction of sp³-hybridized carbons (Fsp3) is 0.400. The van der Waals surface area contributed by atoms with E-state index < -0.39 is 0 Å². The molecule has 1 fully saturated rings. The first-order valence-corrected chi connectivity index (χ1v) is 6.74. The smallest absolute Gasteiger partial charge is 0.337 e. The summed E-state index contributed by atoms with van der Waals surface area (Å²) in [7, 11) is 1.39. The van der Waals surface area contributed by atoms with Crippen molar-refractivity contribution in [1.82, 2.24) is 10.2 Å². The first kappa shape index (κ1) is 13.0. The highest BCUT2D eigenvalue weighted by Gasteiger charge is 2.24. The molecule has 1 aromatic carbocycles. The van der Waals surface area contributed by atoms with Gasteiger partial charge in [0.1, 0.15) is 0 Å². The van der Waals surface area contributed by atoms with Crippen LogP contribution in [-0.2, 0) is 9.47 Å². The molecule has 0 saturated carbocycles. The molecule has 2 aliphatic heterocycles. The van der Waals surface area contributed by atoms with E-state index in [1.165, 1.54) is 18.4 Å². The van der Waals surface area contributed by atoms with Gasteiger partial charge in [-0.1, -0.05) is 12.1 Å². The average Bonchev–Trinajstić information content (AvgIpc) is 2.54. The molecule has 2 aliphatic rings. The van der Waals surface area contributed by atoms with Gasteiger partial charge in [-0.25, -0.2) is 4.79 Å². The monoisotopic (exact) mass is 274 g/mol. The number of fused-ring (bicyclic) bond motifs is 1. The molecule has 0 bridgehead atoms. The number of hydrogen-bond donors (Lipinski definition) is 1. The Morgan fingerprint density at radius 2 is 2.20 bits per heavy atom. The molecule has 1 unspecified atom stereocenters. The number of hydrogen-bond acceptors (Lipinski definition) is 5. The summed E-state index contributed by atoms with van der Waals surface area (Å²) in [5, 5.41) is 3.40. The molecule has 0 spiro atoms. The normalized spacial score (nSPS) is 21.6. The van der Waals surface area contributed by atoms with Gasteiger partial charge in [0, 0.05) is 19.3 Å². The summed E-state index contributed by atoms with van der Waals surface area (Å²) in [4.78, 5) is 13.8. The van der Waals surface area contributed by atoms with Crippen molar-refractivity contribution in [2.24, 2.45) is 0 Å². The Kier molecular flexibility index (Phi) is 3.60. The molecule has 1 saturated heterocycles. The van der Waals surface area contributed by atoms with Crippen molar-refractivity contribution in [2.45, 2.75) is 6.04 Å². The van der Waals surface area contributed by atoms with Crippen LogP contribution >= 0.6 is 0 Å². The summed E-state index contributed by atoms with van der Waals surface area (Å²) in [5.74, 6) is -0.302. The Balaban J connectivity index is 1.74. The van der Waals surface area contributed by atoms with Gasteiger partial charge in [0.25, 0.3) is 0 Å². The Morgan fingerprint density at radius 3 is 2.95 bits per heavy atom. The van der Waals surface area contributed by atoms with Crippen molar-refractivity contribution in [3.05, 3.63) is 47.3 Å². The molecule has 5 heteroatoms. The third kappa shape index (κ3) is 2.49. The summed E-state index contributed by atoms with van der Waals surface area (Å²) in [6.45, 7) is 3.32. The highest BCUT2D eigenvalue weighted by Crippen LogP contribution is 2.23. The van der Waals surface area contributed by atoms with Gasteiger partial charge in [0.15, 0.2) is 0 Å². The van der Waals surface area contributed by atoms with E-state index in [0.717, 1.165) is 19.7 Å². The van der Waals surface area contributed by atoms with Crippen molar-refractivity contribution in [3.8, 4) is 0 Å². The van der Waals surface area contributed by atoms with Crippen LogP contribution in [0.25, 0.3) is 0 Å². The van der Waals surface area contributed by atoms with Crippen molar-refractivity contribution in [2.75, 3.05) is 33.4 Å². The zero-order valence-corrected chi connectivity index (χ0v) is 11.5. The number of nitrogens with one attached hydrogen (secondary N) is 1. The number of morpholine rings is 1. The molecule has 0 amide bonds. The van der Waals surface area contributed by atoms with Gasteiger partial charge in [-0.2, -0.15) is 0 Å². The second-order valence-corrected chi connectivity index (χ2v) is 4.97. The van der Waals surface area contributed by atoms with E-state index in [-0.39, 0.29) is 12.0 Å². The van der Waals surface area contributed by atoms with Gasteiger partial charge in [-0.15, -0.1) is 0 Å². The Hall–Kier alpha value is -2.01. The van der Waals surface area contributed by atoms with E-state index >= 15 is 0 Å². The Labute approximate surface area is 118 Å². The lowest BCUT2D eigenvalue weighted by molar-refractivity contribution is 0.0600. The number of carbonyl (C=O) groups excluding carboxylic acids is 1. The van der Waals surface area contributed by atoms with Gasteiger partial charge in [0.05, 0.1) is 37.6 Å². The van der Waals surface area contributed by atoms with Crippen LogP contribution in [0.5, 0.6) is 0 Å². The maximum absolute atomic E-state index is 11.4. The van der Waals surface area contributed by atoms with Crippen LogP contribution in [-0.4, -0.2) is 44.3 Å². The second-order valence-electron chi connectivity index (χ2n) is 4.97. The van der Waals surface area contributed by atoms with E-state index in [1.807, 2.05) is 18.3 Å². The zero-order valence-electron chi connectivity index (χ0n) is 11.5. The number of carbonyl (C=O) groups is 1. The fourth-order valence-corrected chi connectivity index (χ4v) is 2.57. The molecule has 20 heavy (non-hydrogen) atoms. The van der Waals surface area contributed by atoms with E-state index in [9.17, 15) is 4.79 Å². The molecule has 3 rings (SSSR count). The molecule has 0 radical (unpaired) electrons. The zero-order chi connectivity index (χ0) is 13.9. The predicted molar refractivity (Wildman–Crippen MR) is 74.1 cm³/mol. The Bertz CT molecular complexity index is 524. The topological polar surface area (TPSA) is 50.8 Å². The van der Waals surface area contributed by atoms with Crippen LogP contribution in [0, 0.1) is 0 Å². The van der Waals surface area contributed by atoms with E-state index in [0.29, 0.717) is 12.2 Å². The predicted octanol–water partition coefficient (Wildman–Crippen LogP) is 1.29.